The average Bonchev–Trinajstić information content (AvgIpc) is 2.79. The molecule has 2 heterocycles. The van der Waals surface area contributed by atoms with Crippen LogP contribution in [0.4, 0.5) is 17.1 Å². The van der Waals surface area contributed by atoms with Crippen molar-refractivity contribution in [1.82, 2.24) is 9.97 Å². The second kappa shape index (κ2) is 11.1. The molecule has 32 heavy (non-hydrogen) atoms. The fraction of sp³-hybridized carbons (Fsp3) is 0.542. The monoisotopic (exact) mass is 442 g/mol. The Morgan fingerprint density at radius 2 is 2.06 bits per heavy atom. The summed E-state index contributed by atoms with van der Waals surface area (Å²) >= 11 is 0. The molecule has 8 heteroatoms. The van der Waals surface area contributed by atoms with E-state index in [0.29, 0.717) is 31.7 Å². The van der Waals surface area contributed by atoms with Gasteiger partial charge in [0.25, 0.3) is 0 Å². The number of anilines is 3. The van der Waals surface area contributed by atoms with Gasteiger partial charge in [-0.1, -0.05) is 26.8 Å². The van der Waals surface area contributed by atoms with Gasteiger partial charge in [0.1, 0.15) is 0 Å². The fourth-order valence-electron chi connectivity index (χ4n) is 4.08. The summed E-state index contributed by atoms with van der Waals surface area (Å²) in [6, 6.07) is 6.81. The van der Waals surface area contributed by atoms with Crippen LogP contribution in [0.25, 0.3) is 0 Å². The van der Waals surface area contributed by atoms with E-state index >= 15 is 0 Å². The zero-order valence-corrected chi connectivity index (χ0v) is 19.4. The number of nitrogens with zero attached hydrogens (tertiary/aromatic N) is 3. The Balaban J connectivity index is 1.98. The van der Waals surface area contributed by atoms with Crippen LogP contribution in [0, 0.1) is 5.92 Å². The molecule has 8 nitrogen and oxygen atoms in total. The van der Waals surface area contributed by atoms with Crippen molar-refractivity contribution in [2.24, 2.45) is 5.92 Å². The van der Waals surface area contributed by atoms with Crippen LogP contribution in [0.15, 0.2) is 30.6 Å². The predicted octanol–water partition coefficient (Wildman–Crippen LogP) is 4.45. The molecule has 0 spiro atoms. The number of carboxylic acid groups (broad SMARTS) is 1. The van der Waals surface area contributed by atoms with Crippen LogP contribution in [0.2, 0.25) is 0 Å². The Labute approximate surface area is 190 Å². The number of ether oxygens (including phenoxy) is 2. The summed E-state index contributed by atoms with van der Waals surface area (Å²) in [5.74, 6) is -0.417. The molecular formula is C24H34N4O4. The fourth-order valence-corrected chi connectivity index (χ4v) is 4.08. The molecule has 1 saturated heterocycles. The second-order valence-corrected chi connectivity index (χ2v) is 8.37. The Kier molecular flexibility index (Phi) is 8.27. The third-order valence-electron chi connectivity index (χ3n) is 5.83. The molecule has 1 fully saturated rings. The number of carboxylic acids is 1. The van der Waals surface area contributed by atoms with Gasteiger partial charge in [-0.2, -0.15) is 0 Å². The minimum atomic E-state index is -0.789. The lowest BCUT2D eigenvalue weighted by atomic mass is 9.92. The molecule has 2 aromatic rings. The van der Waals surface area contributed by atoms with Gasteiger partial charge in [-0.3, -0.25) is 4.79 Å². The SMILES string of the molecule is CCOc1ncc(Nc2cc(C(CC)CC(=O)O)ccc2N2CCOC[C@@H]2C(C)C)cn1. The standard InChI is InChI=1S/C24H34N4O4/c1-5-17(12-23(29)30)18-7-8-21(28-9-10-31-15-22(28)16(3)4)20(11-18)27-19-13-25-24(26-14-19)32-6-2/h7-8,11,13-14,16-17,22,27H,5-6,9-10,12,15H2,1-4H3,(H,29,30)/t17?,22-/m1/s1. The molecule has 1 aliphatic rings. The van der Waals surface area contributed by atoms with Gasteiger partial charge in [-0.25, -0.2) is 9.97 Å². The molecule has 0 saturated carbocycles. The molecule has 1 aromatic heterocycles. The summed E-state index contributed by atoms with van der Waals surface area (Å²) in [6.45, 7) is 11.0. The summed E-state index contributed by atoms with van der Waals surface area (Å²) in [5, 5.41) is 12.8. The van der Waals surface area contributed by atoms with Crippen LogP contribution in [-0.2, 0) is 9.53 Å². The molecule has 1 unspecified atom stereocenters. The lowest BCUT2D eigenvalue weighted by Gasteiger charge is -2.40. The van der Waals surface area contributed by atoms with Crippen molar-refractivity contribution in [3.63, 3.8) is 0 Å². The number of carbonyl (C=O) groups is 1. The van der Waals surface area contributed by atoms with Crippen LogP contribution in [-0.4, -0.2) is 53.5 Å². The highest BCUT2D eigenvalue weighted by molar-refractivity contribution is 5.77. The molecule has 0 bridgehead atoms. The highest BCUT2D eigenvalue weighted by Crippen LogP contribution is 2.36. The first-order valence-corrected chi connectivity index (χ1v) is 11.3. The van der Waals surface area contributed by atoms with E-state index < -0.39 is 5.97 Å². The number of benzene rings is 1. The third kappa shape index (κ3) is 5.88. The van der Waals surface area contributed by atoms with Crippen molar-refractivity contribution in [3.05, 3.63) is 36.2 Å². The lowest BCUT2D eigenvalue weighted by molar-refractivity contribution is -0.137. The van der Waals surface area contributed by atoms with E-state index in [9.17, 15) is 9.90 Å². The van der Waals surface area contributed by atoms with E-state index in [4.69, 9.17) is 9.47 Å². The smallest absolute Gasteiger partial charge is 0.316 e. The van der Waals surface area contributed by atoms with Gasteiger partial charge >= 0.3 is 12.0 Å². The van der Waals surface area contributed by atoms with Gasteiger partial charge in [0.05, 0.1) is 61.7 Å². The van der Waals surface area contributed by atoms with Crippen LogP contribution in [0.5, 0.6) is 6.01 Å². The van der Waals surface area contributed by atoms with Crippen molar-refractivity contribution in [3.8, 4) is 6.01 Å². The number of aliphatic carboxylic acids is 1. The molecule has 2 N–H and O–H groups in total. The van der Waals surface area contributed by atoms with E-state index in [1.54, 1.807) is 12.4 Å². The first kappa shape index (κ1) is 23.8. The zero-order valence-electron chi connectivity index (χ0n) is 19.4. The normalized spacial score (nSPS) is 17.3. The molecule has 3 rings (SSSR count). The van der Waals surface area contributed by atoms with Gasteiger partial charge in [0.15, 0.2) is 0 Å². The molecule has 0 radical (unpaired) electrons. The quantitative estimate of drug-likeness (QED) is 0.557. The van der Waals surface area contributed by atoms with E-state index in [-0.39, 0.29) is 18.4 Å². The number of rotatable bonds is 10. The summed E-state index contributed by atoms with van der Waals surface area (Å²) in [7, 11) is 0. The van der Waals surface area contributed by atoms with Crippen molar-refractivity contribution >= 4 is 23.0 Å². The summed E-state index contributed by atoms with van der Waals surface area (Å²) in [4.78, 5) is 22.3. The Bertz CT molecular complexity index is 888. The topological polar surface area (TPSA) is 96.8 Å². The highest BCUT2D eigenvalue weighted by Gasteiger charge is 2.28. The Hall–Kier alpha value is -2.87. The molecule has 174 valence electrons. The van der Waals surface area contributed by atoms with Crippen molar-refractivity contribution < 1.29 is 19.4 Å². The summed E-state index contributed by atoms with van der Waals surface area (Å²) in [5.41, 5.74) is 3.72. The first-order valence-electron chi connectivity index (χ1n) is 11.3. The number of hydrogen-bond donors (Lipinski definition) is 2. The van der Waals surface area contributed by atoms with Crippen LogP contribution < -0.4 is 15.0 Å². The number of morpholine rings is 1. The van der Waals surface area contributed by atoms with Gasteiger partial charge < -0.3 is 24.8 Å². The van der Waals surface area contributed by atoms with Gasteiger partial charge in [-0.15, -0.1) is 0 Å². The molecule has 1 aromatic carbocycles. The predicted molar refractivity (Wildman–Crippen MR) is 125 cm³/mol. The maximum absolute atomic E-state index is 11.4. The van der Waals surface area contributed by atoms with Crippen LogP contribution >= 0.6 is 0 Å². The van der Waals surface area contributed by atoms with Gasteiger partial charge in [-0.05, 0) is 42.9 Å². The minimum absolute atomic E-state index is 0.0516. The molecule has 0 aliphatic carbocycles. The summed E-state index contributed by atoms with van der Waals surface area (Å²) < 4.78 is 11.1. The highest BCUT2D eigenvalue weighted by atomic mass is 16.5. The maximum atomic E-state index is 11.4. The molecule has 1 aliphatic heterocycles. The van der Waals surface area contributed by atoms with Crippen molar-refractivity contribution in [2.45, 2.75) is 52.5 Å². The number of hydrogen-bond acceptors (Lipinski definition) is 7. The first-order chi connectivity index (χ1) is 15.4. The van der Waals surface area contributed by atoms with Gasteiger partial charge in [0, 0.05) is 6.54 Å². The third-order valence-corrected chi connectivity index (χ3v) is 5.83. The lowest BCUT2D eigenvalue weighted by Crippen LogP contribution is -2.48. The summed E-state index contributed by atoms with van der Waals surface area (Å²) in [6.07, 6.45) is 4.25. The molecular weight excluding hydrogens is 408 g/mol. The largest absolute Gasteiger partial charge is 0.481 e. The average molecular weight is 443 g/mol. The molecule has 0 amide bonds. The van der Waals surface area contributed by atoms with E-state index in [1.165, 1.54) is 0 Å². The number of aromatic nitrogens is 2. The second-order valence-electron chi connectivity index (χ2n) is 8.37. The van der Waals surface area contributed by atoms with E-state index in [2.05, 4.69) is 52.2 Å². The molecule has 2 atom stereocenters. The van der Waals surface area contributed by atoms with Crippen molar-refractivity contribution in [2.75, 3.05) is 36.6 Å². The Morgan fingerprint density at radius 3 is 2.69 bits per heavy atom. The maximum Gasteiger partial charge on any atom is 0.316 e. The minimum Gasteiger partial charge on any atom is -0.481 e. The van der Waals surface area contributed by atoms with Crippen LogP contribution in [0.3, 0.4) is 0 Å². The van der Waals surface area contributed by atoms with Gasteiger partial charge in [0.2, 0.25) is 0 Å². The van der Waals surface area contributed by atoms with E-state index in [0.717, 1.165) is 35.6 Å². The van der Waals surface area contributed by atoms with Crippen LogP contribution in [0.1, 0.15) is 52.0 Å². The van der Waals surface area contributed by atoms with Crippen molar-refractivity contribution in [1.29, 1.82) is 0 Å². The zero-order chi connectivity index (χ0) is 23.1. The number of nitrogens with one attached hydrogen (secondary N) is 1. The van der Waals surface area contributed by atoms with E-state index in [1.807, 2.05) is 13.8 Å². The Morgan fingerprint density at radius 1 is 1.31 bits per heavy atom.